The third-order valence-corrected chi connectivity index (χ3v) is 1.79. The third-order valence-electron chi connectivity index (χ3n) is 1.41. The van der Waals surface area contributed by atoms with Crippen LogP contribution in [0.15, 0.2) is 0 Å². The predicted molar refractivity (Wildman–Crippen MR) is 31.2 cm³/mol. The van der Waals surface area contributed by atoms with E-state index in [1.165, 1.54) is 0 Å². The number of halogens is 6. The van der Waals surface area contributed by atoms with Crippen molar-refractivity contribution in [2.45, 2.75) is 30.6 Å². The van der Waals surface area contributed by atoms with Crippen LogP contribution >= 0.6 is 11.6 Å². The van der Waals surface area contributed by atoms with Crippen LogP contribution in [0.5, 0.6) is 0 Å². The Bertz CT molecular complexity index is 214. The lowest BCUT2D eigenvalue weighted by Crippen LogP contribution is -2.41. The maximum absolute atomic E-state index is 12.4. The van der Waals surface area contributed by atoms with Gasteiger partial charge in [-0.25, -0.2) is 0 Å². The van der Waals surface area contributed by atoms with E-state index in [1.807, 2.05) is 0 Å². The Morgan fingerprint density at radius 1 is 1.31 bits per heavy atom. The summed E-state index contributed by atoms with van der Waals surface area (Å²) < 4.78 is 67.8. The van der Waals surface area contributed by atoms with E-state index in [4.69, 9.17) is 0 Å². The quantitative estimate of drug-likeness (QED) is 0.467. The van der Waals surface area contributed by atoms with Crippen LogP contribution in [0.3, 0.4) is 0 Å². The summed E-state index contributed by atoms with van der Waals surface area (Å²) in [6, 6.07) is 0. The molecule has 8 heteroatoms. The van der Waals surface area contributed by atoms with E-state index in [9.17, 15) is 22.0 Å². The van der Waals surface area contributed by atoms with Gasteiger partial charge < -0.3 is 4.74 Å². The number of alkyl halides is 6. The van der Waals surface area contributed by atoms with Gasteiger partial charge in [-0.15, -0.1) is 0 Å². The lowest BCUT2D eigenvalue weighted by atomic mass is 10.4. The van der Waals surface area contributed by atoms with Crippen molar-refractivity contribution in [2.24, 2.45) is 0 Å². The Kier molecular flexibility index (Phi) is 2.25. The van der Waals surface area contributed by atoms with Gasteiger partial charge in [0.25, 0.3) is 0 Å². The molecule has 0 amide bonds. The number of hydrogen-bond donors (Lipinski definition) is 0. The first-order valence-corrected chi connectivity index (χ1v) is 3.48. The molecule has 2 unspecified atom stereocenters. The van der Waals surface area contributed by atoms with Crippen LogP contribution in [0.2, 0.25) is 0 Å². The summed E-state index contributed by atoms with van der Waals surface area (Å²) in [5, 5.41) is -3.74. The highest BCUT2D eigenvalue weighted by Crippen LogP contribution is 2.49. The lowest BCUT2D eigenvalue weighted by Gasteiger charge is -2.21. The molecule has 1 aliphatic heterocycles. The fraction of sp³-hybridized carbons (Fsp3) is 1.00. The van der Waals surface area contributed by atoms with Gasteiger partial charge in [0.05, 0.1) is 0 Å². The SMILES string of the molecule is CC1OC(Cl)(C(F)(F)F)OC1(F)F. The molecule has 0 N–H and O–H groups in total. The molecule has 0 aromatic carbocycles. The normalized spacial score (nSPS) is 39.5. The summed E-state index contributed by atoms with van der Waals surface area (Å²) in [5.74, 6) is 0. The highest BCUT2D eigenvalue weighted by Gasteiger charge is 2.69. The van der Waals surface area contributed by atoms with Gasteiger partial charge in [0.1, 0.15) is 0 Å². The second-order valence-electron chi connectivity index (χ2n) is 2.46. The fourth-order valence-corrected chi connectivity index (χ4v) is 0.939. The predicted octanol–water partition coefficient (Wildman–Crippen LogP) is 2.47. The molecule has 0 radical (unpaired) electrons. The van der Waals surface area contributed by atoms with Crippen LogP contribution in [-0.4, -0.2) is 23.6 Å². The molecule has 0 aromatic heterocycles. The Morgan fingerprint density at radius 3 is 1.92 bits per heavy atom. The maximum Gasteiger partial charge on any atom is 0.460 e. The van der Waals surface area contributed by atoms with Crippen LogP contribution in [-0.2, 0) is 9.47 Å². The Balaban J connectivity index is 2.89. The summed E-state index contributed by atoms with van der Waals surface area (Å²) in [5.41, 5.74) is 0. The van der Waals surface area contributed by atoms with Crippen molar-refractivity contribution in [1.82, 2.24) is 0 Å². The molecule has 13 heavy (non-hydrogen) atoms. The molecule has 0 aromatic rings. The Morgan fingerprint density at radius 2 is 1.77 bits per heavy atom. The van der Waals surface area contributed by atoms with Crippen molar-refractivity contribution in [2.75, 3.05) is 0 Å². The summed E-state index contributed by atoms with van der Waals surface area (Å²) in [6.07, 6.45) is -11.3. The van der Waals surface area contributed by atoms with Gasteiger partial charge in [-0.2, -0.15) is 22.0 Å². The molecule has 2 nitrogen and oxygen atoms in total. The average Bonchev–Trinajstić information content (AvgIpc) is 2.01. The van der Waals surface area contributed by atoms with Crippen LogP contribution in [0.4, 0.5) is 22.0 Å². The molecular weight excluding hydrogens is 222 g/mol. The molecule has 1 saturated heterocycles. The number of ether oxygens (including phenoxy) is 2. The van der Waals surface area contributed by atoms with Gasteiger partial charge in [0.2, 0.25) is 0 Å². The Labute approximate surface area is 74.6 Å². The summed E-state index contributed by atoms with van der Waals surface area (Å²) in [4.78, 5) is 0. The molecule has 1 aliphatic rings. The van der Waals surface area contributed by atoms with E-state index in [2.05, 4.69) is 21.1 Å². The van der Waals surface area contributed by atoms with Crippen molar-refractivity contribution in [3.63, 3.8) is 0 Å². The fourth-order valence-electron chi connectivity index (χ4n) is 0.703. The molecule has 1 heterocycles. The van der Waals surface area contributed by atoms with Crippen LogP contribution in [0.25, 0.3) is 0 Å². The first-order chi connectivity index (χ1) is 5.58. The Hall–Kier alpha value is -0.140. The zero-order chi connectivity index (χ0) is 10.5. The van der Waals surface area contributed by atoms with E-state index in [1.54, 1.807) is 0 Å². The molecule has 1 fully saturated rings. The smallest absolute Gasteiger partial charge is 0.318 e. The van der Waals surface area contributed by atoms with E-state index in [0.29, 0.717) is 0 Å². The van der Waals surface area contributed by atoms with Gasteiger partial charge in [-0.3, -0.25) is 4.74 Å². The summed E-state index contributed by atoms with van der Waals surface area (Å²) in [6.45, 7) is 0.732. The first kappa shape index (κ1) is 10.9. The largest absolute Gasteiger partial charge is 0.460 e. The molecular formula is C5H4ClF5O2. The van der Waals surface area contributed by atoms with Gasteiger partial charge >= 0.3 is 17.5 Å². The first-order valence-electron chi connectivity index (χ1n) is 3.10. The van der Waals surface area contributed by atoms with Crippen molar-refractivity contribution in [1.29, 1.82) is 0 Å². The molecule has 0 bridgehead atoms. The van der Waals surface area contributed by atoms with E-state index < -0.39 is 23.6 Å². The lowest BCUT2D eigenvalue weighted by molar-refractivity contribution is -0.338. The van der Waals surface area contributed by atoms with Gasteiger partial charge in [0.15, 0.2) is 6.10 Å². The highest BCUT2D eigenvalue weighted by molar-refractivity contribution is 6.22. The summed E-state index contributed by atoms with van der Waals surface area (Å²) >= 11 is 4.68. The summed E-state index contributed by atoms with van der Waals surface area (Å²) in [7, 11) is 0. The monoisotopic (exact) mass is 226 g/mol. The van der Waals surface area contributed by atoms with Crippen LogP contribution in [0.1, 0.15) is 6.92 Å². The van der Waals surface area contributed by atoms with Crippen molar-refractivity contribution in [3.8, 4) is 0 Å². The standard InChI is InChI=1S/C5H4ClF5O2/c1-2-3(7,8)13-4(6,12-2)5(9,10)11/h2H,1H3. The average molecular weight is 227 g/mol. The van der Waals surface area contributed by atoms with Gasteiger partial charge in [-0.05, 0) is 18.5 Å². The molecule has 0 spiro atoms. The minimum absolute atomic E-state index is 0.732. The zero-order valence-electron chi connectivity index (χ0n) is 6.16. The zero-order valence-corrected chi connectivity index (χ0v) is 6.92. The van der Waals surface area contributed by atoms with Crippen molar-refractivity contribution in [3.05, 3.63) is 0 Å². The second-order valence-corrected chi connectivity index (χ2v) is 2.96. The number of rotatable bonds is 0. The highest BCUT2D eigenvalue weighted by atomic mass is 35.5. The van der Waals surface area contributed by atoms with E-state index in [0.717, 1.165) is 6.92 Å². The molecule has 2 atom stereocenters. The number of hydrogen-bond acceptors (Lipinski definition) is 2. The molecule has 78 valence electrons. The van der Waals surface area contributed by atoms with Crippen molar-refractivity contribution >= 4 is 11.6 Å². The van der Waals surface area contributed by atoms with Gasteiger partial charge in [-0.1, -0.05) is 0 Å². The second kappa shape index (κ2) is 2.68. The van der Waals surface area contributed by atoms with E-state index >= 15 is 0 Å². The van der Waals surface area contributed by atoms with Crippen molar-refractivity contribution < 1.29 is 31.4 Å². The van der Waals surface area contributed by atoms with Crippen LogP contribution < -0.4 is 0 Å². The van der Waals surface area contributed by atoms with Gasteiger partial charge in [0, 0.05) is 0 Å². The maximum atomic E-state index is 12.4. The topological polar surface area (TPSA) is 18.5 Å². The minimum atomic E-state index is -5.21. The molecule has 1 rings (SSSR count). The molecule has 0 aliphatic carbocycles. The van der Waals surface area contributed by atoms with Crippen LogP contribution in [0, 0.1) is 0 Å². The minimum Gasteiger partial charge on any atom is -0.318 e. The molecule has 0 saturated carbocycles. The van der Waals surface area contributed by atoms with E-state index in [-0.39, 0.29) is 0 Å². The third kappa shape index (κ3) is 1.72.